The van der Waals surface area contributed by atoms with Crippen LogP contribution in [0.1, 0.15) is 20.7 Å². The third-order valence-corrected chi connectivity index (χ3v) is 3.64. The molecule has 0 saturated heterocycles. The van der Waals surface area contributed by atoms with Gasteiger partial charge < -0.3 is 10.8 Å². The molecule has 0 bridgehead atoms. The number of benzene rings is 1. The van der Waals surface area contributed by atoms with Crippen LogP contribution in [0, 0.1) is 10.1 Å². The lowest BCUT2D eigenvalue weighted by Gasteiger charge is -2.13. The Morgan fingerprint density at radius 2 is 1.88 bits per heavy atom. The van der Waals surface area contributed by atoms with E-state index in [0.29, 0.717) is 4.57 Å². The van der Waals surface area contributed by atoms with E-state index in [1.807, 2.05) is 5.32 Å². The second-order valence-corrected chi connectivity index (χ2v) is 5.26. The molecule has 1 aliphatic heterocycles. The van der Waals surface area contributed by atoms with Gasteiger partial charge in [-0.3, -0.25) is 34.4 Å². The van der Waals surface area contributed by atoms with Crippen molar-refractivity contribution in [1.82, 2.24) is 9.88 Å². The summed E-state index contributed by atoms with van der Waals surface area (Å²) in [5.41, 5.74) is 3.32. The maximum Gasteiger partial charge on any atom is 0.314 e. The fourth-order valence-electron chi connectivity index (χ4n) is 2.41. The van der Waals surface area contributed by atoms with E-state index in [9.17, 15) is 29.6 Å². The Kier molecular flexibility index (Phi) is 3.27. The van der Waals surface area contributed by atoms with E-state index in [1.165, 1.54) is 0 Å². The van der Waals surface area contributed by atoms with Crippen LogP contribution in [0.2, 0.25) is 5.02 Å². The fourth-order valence-corrected chi connectivity index (χ4v) is 2.61. The van der Waals surface area contributed by atoms with Crippen LogP contribution >= 0.6 is 11.6 Å². The monoisotopic (exact) mass is 350 g/mol. The second kappa shape index (κ2) is 5.06. The van der Waals surface area contributed by atoms with Crippen LogP contribution in [-0.4, -0.2) is 26.4 Å². The molecule has 1 aliphatic rings. The predicted octanol–water partition coefficient (Wildman–Crippen LogP) is 0.570. The first-order chi connectivity index (χ1) is 11.2. The number of fused-ring (bicyclic) bond motifs is 1. The van der Waals surface area contributed by atoms with Crippen LogP contribution in [0.15, 0.2) is 23.0 Å². The zero-order valence-corrected chi connectivity index (χ0v) is 12.3. The number of pyridine rings is 1. The molecule has 0 spiro atoms. The molecule has 2 aromatic rings. The molecule has 1 aromatic carbocycles. The zero-order valence-electron chi connectivity index (χ0n) is 11.6. The molecule has 122 valence electrons. The minimum absolute atomic E-state index is 0.137. The van der Waals surface area contributed by atoms with Crippen molar-refractivity contribution in [3.05, 3.63) is 54.8 Å². The maximum absolute atomic E-state index is 12.3. The summed E-state index contributed by atoms with van der Waals surface area (Å²) in [7, 11) is 0. The number of aromatic nitrogens is 1. The first-order valence-electron chi connectivity index (χ1n) is 6.31. The van der Waals surface area contributed by atoms with Crippen LogP contribution in [0.25, 0.3) is 5.69 Å². The molecule has 1 aromatic heterocycles. The average Bonchev–Trinajstić information content (AvgIpc) is 2.76. The van der Waals surface area contributed by atoms with Crippen molar-refractivity contribution in [3.63, 3.8) is 0 Å². The topological polar surface area (TPSA) is 158 Å². The third kappa shape index (κ3) is 2.08. The molecule has 0 radical (unpaired) electrons. The Balaban J connectivity index is 2.40. The lowest BCUT2D eigenvalue weighted by Crippen LogP contribution is -2.24. The molecular weight excluding hydrogens is 344 g/mol. The van der Waals surface area contributed by atoms with Gasteiger partial charge >= 0.3 is 5.69 Å². The van der Waals surface area contributed by atoms with Crippen molar-refractivity contribution >= 4 is 34.9 Å². The van der Waals surface area contributed by atoms with E-state index < -0.39 is 39.6 Å². The second-order valence-electron chi connectivity index (χ2n) is 4.82. The number of nitrogen functional groups attached to an aromatic ring is 1. The number of nitro groups is 1. The summed E-state index contributed by atoms with van der Waals surface area (Å²) in [6.45, 7) is 0. The van der Waals surface area contributed by atoms with Crippen molar-refractivity contribution in [1.29, 1.82) is 0 Å². The number of amides is 2. The number of nitrogens with one attached hydrogen (secondary N) is 1. The number of nitrogens with zero attached hydrogens (tertiary/aromatic N) is 2. The Bertz CT molecular complexity index is 1010. The molecule has 3 rings (SSSR count). The summed E-state index contributed by atoms with van der Waals surface area (Å²) >= 11 is 5.78. The number of aromatic hydroxyl groups is 1. The first kappa shape index (κ1) is 15.5. The summed E-state index contributed by atoms with van der Waals surface area (Å²) in [4.78, 5) is 45.7. The van der Waals surface area contributed by atoms with Crippen LogP contribution in [0.3, 0.4) is 0 Å². The number of phenols is 1. The molecule has 0 unspecified atom stereocenters. The number of halogens is 1. The van der Waals surface area contributed by atoms with Crippen LogP contribution < -0.4 is 16.6 Å². The normalized spacial score (nSPS) is 12.9. The molecular formula is C13H7ClN4O6. The van der Waals surface area contributed by atoms with E-state index in [0.717, 1.165) is 18.2 Å². The molecule has 2 amide bonds. The van der Waals surface area contributed by atoms with Gasteiger partial charge in [-0.25, -0.2) is 0 Å². The van der Waals surface area contributed by atoms with Crippen molar-refractivity contribution in [2.45, 2.75) is 0 Å². The molecule has 0 saturated carbocycles. The molecule has 0 atom stereocenters. The van der Waals surface area contributed by atoms with Gasteiger partial charge in [0, 0.05) is 17.2 Å². The summed E-state index contributed by atoms with van der Waals surface area (Å²) in [5, 5.41) is 22.9. The van der Waals surface area contributed by atoms with Crippen molar-refractivity contribution in [3.8, 4) is 11.4 Å². The van der Waals surface area contributed by atoms with Crippen molar-refractivity contribution < 1.29 is 19.6 Å². The highest BCUT2D eigenvalue weighted by Gasteiger charge is 2.33. The largest absolute Gasteiger partial charge is 0.501 e. The highest BCUT2D eigenvalue weighted by Crippen LogP contribution is 2.36. The van der Waals surface area contributed by atoms with Gasteiger partial charge in [0.15, 0.2) is 0 Å². The number of hydrogen-bond donors (Lipinski definition) is 3. The molecule has 0 aliphatic carbocycles. The first-order valence-corrected chi connectivity index (χ1v) is 6.68. The number of nitro benzene ring substituents is 1. The minimum Gasteiger partial charge on any atom is -0.501 e. The Labute approximate surface area is 137 Å². The SMILES string of the molecule is Nc1c2c(cc(=O)n1-c1cc(Cl)cc([N+](=O)[O-])c1O)C(=O)NC2=O. The van der Waals surface area contributed by atoms with Gasteiger partial charge in [-0.15, -0.1) is 0 Å². The van der Waals surface area contributed by atoms with Crippen molar-refractivity contribution in [2.75, 3.05) is 5.73 Å². The van der Waals surface area contributed by atoms with Crippen LogP contribution in [0.5, 0.6) is 5.75 Å². The summed E-state index contributed by atoms with van der Waals surface area (Å²) in [6, 6.07) is 2.81. The van der Waals surface area contributed by atoms with Gasteiger partial charge in [-0.05, 0) is 6.07 Å². The fraction of sp³-hybridized carbons (Fsp3) is 0. The third-order valence-electron chi connectivity index (χ3n) is 3.43. The van der Waals surface area contributed by atoms with E-state index in [1.54, 1.807) is 0 Å². The summed E-state index contributed by atoms with van der Waals surface area (Å²) in [5.74, 6) is -2.92. The predicted molar refractivity (Wildman–Crippen MR) is 81.6 cm³/mol. The lowest BCUT2D eigenvalue weighted by molar-refractivity contribution is -0.385. The van der Waals surface area contributed by atoms with Crippen molar-refractivity contribution in [2.24, 2.45) is 0 Å². The number of hydrogen-bond acceptors (Lipinski definition) is 7. The Hall–Kier alpha value is -3.40. The van der Waals surface area contributed by atoms with Gasteiger partial charge in [-0.1, -0.05) is 11.6 Å². The smallest absolute Gasteiger partial charge is 0.314 e. The lowest BCUT2D eigenvalue weighted by atomic mass is 10.1. The highest BCUT2D eigenvalue weighted by molar-refractivity contribution is 6.31. The molecule has 2 heterocycles. The zero-order chi connectivity index (χ0) is 17.8. The van der Waals surface area contributed by atoms with Gasteiger partial charge in [-0.2, -0.15) is 0 Å². The number of rotatable bonds is 2. The minimum atomic E-state index is -0.893. The van der Waals surface area contributed by atoms with E-state index in [2.05, 4.69) is 0 Å². The number of nitrogens with two attached hydrogens (primary N) is 1. The molecule has 0 fully saturated rings. The van der Waals surface area contributed by atoms with Gasteiger partial charge in [0.25, 0.3) is 17.4 Å². The van der Waals surface area contributed by atoms with Crippen LogP contribution in [-0.2, 0) is 0 Å². The molecule has 10 nitrogen and oxygen atoms in total. The maximum atomic E-state index is 12.3. The van der Waals surface area contributed by atoms with Gasteiger partial charge in [0.1, 0.15) is 11.5 Å². The van der Waals surface area contributed by atoms with E-state index in [-0.39, 0.29) is 21.8 Å². The highest BCUT2D eigenvalue weighted by atomic mass is 35.5. The summed E-state index contributed by atoms with van der Waals surface area (Å²) < 4.78 is 0.672. The van der Waals surface area contributed by atoms with E-state index >= 15 is 0 Å². The van der Waals surface area contributed by atoms with Crippen LogP contribution in [0.4, 0.5) is 11.5 Å². The average molecular weight is 351 g/mol. The number of phenolic OH excluding ortho intramolecular Hbond substituents is 1. The molecule has 11 heteroatoms. The van der Waals surface area contributed by atoms with E-state index in [4.69, 9.17) is 17.3 Å². The number of carbonyl (C=O) groups is 2. The number of anilines is 1. The van der Waals surface area contributed by atoms with Gasteiger partial charge in [0.2, 0.25) is 5.75 Å². The van der Waals surface area contributed by atoms with Gasteiger partial charge in [0.05, 0.1) is 16.1 Å². The number of imide groups is 1. The summed E-state index contributed by atoms with van der Waals surface area (Å²) in [6.07, 6.45) is 0. The number of carbonyl (C=O) groups excluding carboxylic acids is 2. The Morgan fingerprint density at radius 3 is 2.50 bits per heavy atom. The Morgan fingerprint density at radius 1 is 1.21 bits per heavy atom. The quantitative estimate of drug-likeness (QED) is 0.405. The molecule has 24 heavy (non-hydrogen) atoms. The molecule has 4 N–H and O–H groups in total. The standard InChI is InChI=1S/C13H7ClN4O6/c14-4-1-6(10(20)7(2-4)18(23)24)17-8(19)3-5-9(11(17)15)13(22)16-12(5)21/h1-3,20H,15H2,(H,16,21,22).